The van der Waals surface area contributed by atoms with Crippen molar-refractivity contribution in [3.8, 4) is 0 Å². The Balaban J connectivity index is 1.63. The summed E-state index contributed by atoms with van der Waals surface area (Å²) in [6, 6.07) is 3.72. The molecule has 1 aromatic carbocycles. The molecule has 4 rings (SSSR count). The number of nitrogens with one attached hydrogen (secondary N) is 1. The van der Waals surface area contributed by atoms with Crippen LogP contribution in [-0.2, 0) is 11.2 Å². The molecule has 1 saturated carbocycles. The standard InChI is InChI=1S/C16H16F2N4O/c17-11-7-6-10(8-12(11)18)13-2-1-3-14-19-16(21-22(13)14)20-15(23)9-4-5-9/h6-9,13H,1-5H2,(H,20,21,23). The summed E-state index contributed by atoms with van der Waals surface area (Å²) in [5, 5.41) is 7.11. The van der Waals surface area contributed by atoms with E-state index < -0.39 is 11.6 Å². The van der Waals surface area contributed by atoms with Gasteiger partial charge in [0, 0.05) is 12.3 Å². The number of aryl methyl sites for hydroxylation is 1. The number of carbonyl (C=O) groups is 1. The van der Waals surface area contributed by atoms with Crippen LogP contribution in [0.15, 0.2) is 18.2 Å². The monoisotopic (exact) mass is 318 g/mol. The fourth-order valence-corrected chi connectivity index (χ4v) is 2.99. The van der Waals surface area contributed by atoms with Gasteiger partial charge < -0.3 is 0 Å². The Morgan fingerprint density at radius 1 is 1.22 bits per heavy atom. The minimum absolute atomic E-state index is 0.0441. The van der Waals surface area contributed by atoms with E-state index in [0.717, 1.165) is 44.0 Å². The van der Waals surface area contributed by atoms with Crippen molar-refractivity contribution >= 4 is 11.9 Å². The largest absolute Gasteiger partial charge is 0.293 e. The molecule has 1 amide bonds. The maximum atomic E-state index is 13.5. The van der Waals surface area contributed by atoms with E-state index in [9.17, 15) is 13.6 Å². The summed E-state index contributed by atoms with van der Waals surface area (Å²) >= 11 is 0. The van der Waals surface area contributed by atoms with Gasteiger partial charge >= 0.3 is 0 Å². The van der Waals surface area contributed by atoms with E-state index in [1.807, 2.05) is 0 Å². The van der Waals surface area contributed by atoms with Gasteiger partial charge in [0.15, 0.2) is 11.6 Å². The maximum Gasteiger partial charge on any atom is 0.249 e. The molecule has 0 spiro atoms. The van der Waals surface area contributed by atoms with Gasteiger partial charge in [0.1, 0.15) is 5.82 Å². The van der Waals surface area contributed by atoms with E-state index in [1.165, 1.54) is 6.07 Å². The number of amides is 1. The van der Waals surface area contributed by atoms with E-state index >= 15 is 0 Å². The zero-order chi connectivity index (χ0) is 16.0. The topological polar surface area (TPSA) is 59.8 Å². The summed E-state index contributed by atoms with van der Waals surface area (Å²) in [5.41, 5.74) is 0.662. The van der Waals surface area contributed by atoms with Crippen LogP contribution in [0.4, 0.5) is 14.7 Å². The number of carbonyl (C=O) groups excluding carboxylic acids is 1. The van der Waals surface area contributed by atoms with Gasteiger partial charge in [-0.2, -0.15) is 4.98 Å². The van der Waals surface area contributed by atoms with E-state index in [2.05, 4.69) is 15.4 Å². The van der Waals surface area contributed by atoms with Gasteiger partial charge in [-0.3, -0.25) is 10.1 Å². The van der Waals surface area contributed by atoms with Gasteiger partial charge in [-0.25, -0.2) is 13.5 Å². The van der Waals surface area contributed by atoms with Gasteiger partial charge in [0.25, 0.3) is 0 Å². The van der Waals surface area contributed by atoms with Crippen molar-refractivity contribution in [1.29, 1.82) is 0 Å². The molecule has 2 aromatic rings. The second-order valence-electron chi connectivity index (χ2n) is 6.14. The predicted octanol–water partition coefficient (Wildman–Crippen LogP) is 2.83. The number of rotatable bonds is 3. The molecule has 5 nitrogen and oxygen atoms in total. The molecule has 1 aliphatic heterocycles. The SMILES string of the molecule is O=C(Nc1nc2n(n1)C(c1ccc(F)c(F)c1)CCC2)C1CC1. The van der Waals surface area contributed by atoms with E-state index in [1.54, 1.807) is 10.7 Å². The second-order valence-corrected chi connectivity index (χ2v) is 6.14. The van der Waals surface area contributed by atoms with Crippen LogP contribution in [0.2, 0.25) is 0 Å². The molecule has 1 atom stereocenters. The Morgan fingerprint density at radius 2 is 2.04 bits per heavy atom. The average molecular weight is 318 g/mol. The van der Waals surface area contributed by atoms with E-state index in [-0.39, 0.29) is 17.9 Å². The van der Waals surface area contributed by atoms with Crippen molar-refractivity contribution in [1.82, 2.24) is 14.8 Å². The molecule has 7 heteroatoms. The number of halogens is 2. The molecular weight excluding hydrogens is 302 g/mol. The zero-order valence-corrected chi connectivity index (χ0v) is 12.4. The number of nitrogens with zero attached hydrogens (tertiary/aromatic N) is 3. The van der Waals surface area contributed by atoms with Crippen molar-refractivity contribution in [2.75, 3.05) is 5.32 Å². The third-order valence-electron chi connectivity index (χ3n) is 4.39. The molecule has 0 saturated heterocycles. The first-order chi connectivity index (χ1) is 11.1. The van der Waals surface area contributed by atoms with Gasteiger partial charge in [0.2, 0.25) is 11.9 Å². The van der Waals surface area contributed by atoms with Crippen LogP contribution < -0.4 is 5.32 Å². The Bertz CT molecular complexity index is 769. The lowest BCUT2D eigenvalue weighted by Crippen LogP contribution is -2.20. The summed E-state index contributed by atoms with van der Waals surface area (Å²) in [6.07, 6.45) is 4.25. The highest BCUT2D eigenvalue weighted by Gasteiger charge is 2.31. The molecule has 2 heterocycles. The van der Waals surface area contributed by atoms with Crippen molar-refractivity contribution in [3.63, 3.8) is 0 Å². The molecule has 1 fully saturated rings. The van der Waals surface area contributed by atoms with Crippen molar-refractivity contribution in [3.05, 3.63) is 41.2 Å². The number of hydrogen-bond acceptors (Lipinski definition) is 3. The fourth-order valence-electron chi connectivity index (χ4n) is 2.99. The molecule has 1 aliphatic carbocycles. The Hall–Kier alpha value is -2.31. The van der Waals surface area contributed by atoms with Crippen LogP contribution in [0.3, 0.4) is 0 Å². The Labute approximate surface area is 131 Å². The minimum Gasteiger partial charge on any atom is -0.293 e. The van der Waals surface area contributed by atoms with Gasteiger partial charge in [0.05, 0.1) is 6.04 Å². The number of fused-ring (bicyclic) bond motifs is 1. The summed E-state index contributed by atoms with van der Waals surface area (Å²) in [5.74, 6) is -0.629. The summed E-state index contributed by atoms with van der Waals surface area (Å²) in [4.78, 5) is 16.2. The molecule has 0 radical (unpaired) electrons. The lowest BCUT2D eigenvalue weighted by molar-refractivity contribution is -0.117. The number of aromatic nitrogens is 3. The number of hydrogen-bond donors (Lipinski definition) is 1. The highest BCUT2D eigenvalue weighted by molar-refractivity contribution is 5.92. The fraction of sp³-hybridized carbons (Fsp3) is 0.438. The highest BCUT2D eigenvalue weighted by atomic mass is 19.2. The third kappa shape index (κ3) is 2.71. The Morgan fingerprint density at radius 3 is 2.78 bits per heavy atom. The van der Waals surface area contributed by atoms with Crippen molar-refractivity contribution < 1.29 is 13.6 Å². The van der Waals surface area contributed by atoms with Gasteiger partial charge in [-0.15, -0.1) is 5.10 Å². The molecule has 1 N–H and O–H groups in total. The number of benzene rings is 1. The van der Waals surface area contributed by atoms with Crippen LogP contribution in [0, 0.1) is 17.6 Å². The first-order valence-electron chi connectivity index (χ1n) is 7.83. The Kier molecular flexibility index (Phi) is 3.36. The molecule has 0 bridgehead atoms. The number of anilines is 1. The van der Waals surface area contributed by atoms with E-state index in [0.29, 0.717) is 11.5 Å². The first kappa shape index (κ1) is 14.3. The lowest BCUT2D eigenvalue weighted by Gasteiger charge is -2.23. The van der Waals surface area contributed by atoms with Crippen LogP contribution in [0.1, 0.15) is 43.1 Å². The van der Waals surface area contributed by atoms with Crippen LogP contribution in [0.25, 0.3) is 0 Å². The zero-order valence-electron chi connectivity index (χ0n) is 12.4. The van der Waals surface area contributed by atoms with Gasteiger partial charge in [-0.05, 0) is 43.4 Å². The minimum atomic E-state index is -0.864. The van der Waals surface area contributed by atoms with Gasteiger partial charge in [-0.1, -0.05) is 6.07 Å². The molecule has 2 aliphatic rings. The predicted molar refractivity (Wildman–Crippen MR) is 78.8 cm³/mol. The smallest absolute Gasteiger partial charge is 0.249 e. The molecule has 1 aromatic heterocycles. The van der Waals surface area contributed by atoms with Crippen LogP contribution in [0.5, 0.6) is 0 Å². The van der Waals surface area contributed by atoms with Crippen LogP contribution >= 0.6 is 0 Å². The highest BCUT2D eigenvalue weighted by Crippen LogP contribution is 2.32. The third-order valence-corrected chi connectivity index (χ3v) is 4.39. The summed E-state index contributed by atoms with van der Waals surface area (Å²) < 4.78 is 28.4. The average Bonchev–Trinajstić information content (AvgIpc) is 3.30. The van der Waals surface area contributed by atoms with Crippen molar-refractivity contribution in [2.45, 2.75) is 38.1 Å². The molecule has 120 valence electrons. The second kappa shape index (κ2) is 5.40. The lowest BCUT2D eigenvalue weighted by atomic mass is 9.98. The van der Waals surface area contributed by atoms with Crippen molar-refractivity contribution in [2.24, 2.45) is 5.92 Å². The summed E-state index contributed by atoms with van der Waals surface area (Å²) in [7, 11) is 0. The molecule has 1 unspecified atom stereocenters. The quantitative estimate of drug-likeness (QED) is 0.946. The summed E-state index contributed by atoms with van der Waals surface area (Å²) in [6.45, 7) is 0. The first-order valence-corrected chi connectivity index (χ1v) is 7.83. The molecular formula is C16H16F2N4O. The maximum absolute atomic E-state index is 13.5. The normalized spacial score (nSPS) is 20.2. The van der Waals surface area contributed by atoms with Crippen LogP contribution in [-0.4, -0.2) is 20.7 Å². The molecule has 23 heavy (non-hydrogen) atoms. The van der Waals surface area contributed by atoms with E-state index in [4.69, 9.17) is 0 Å².